The first-order chi connectivity index (χ1) is 11.2. The van der Waals surface area contributed by atoms with Crippen molar-refractivity contribution in [1.29, 1.82) is 0 Å². The summed E-state index contributed by atoms with van der Waals surface area (Å²) in [7, 11) is 0. The van der Waals surface area contributed by atoms with Crippen LogP contribution in [0.25, 0.3) is 0 Å². The Balaban J connectivity index is 1.78. The zero-order valence-corrected chi connectivity index (χ0v) is 12.2. The molecule has 3 aliphatic rings. The standard InChI is InChI=1S/C18H13NO4/c20-16-11-3-1-2-4-12(11)17(21)18(16)13-8-15-14(22-9-23-15)7-10(13)5-6-19-18/h1-4,7-8,19H,5-6,9H2. The van der Waals surface area contributed by atoms with Gasteiger partial charge < -0.3 is 9.47 Å². The number of ketones is 2. The van der Waals surface area contributed by atoms with Crippen LogP contribution in [-0.4, -0.2) is 24.9 Å². The number of rotatable bonds is 0. The maximum absolute atomic E-state index is 13.1. The number of carbonyl (C=O) groups excluding carboxylic acids is 2. The number of carbonyl (C=O) groups is 2. The van der Waals surface area contributed by atoms with Gasteiger partial charge in [-0.1, -0.05) is 24.3 Å². The zero-order valence-electron chi connectivity index (χ0n) is 12.2. The van der Waals surface area contributed by atoms with Gasteiger partial charge in [-0.05, 0) is 29.7 Å². The summed E-state index contributed by atoms with van der Waals surface area (Å²) in [5, 5.41) is 3.19. The van der Waals surface area contributed by atoms with Gasteiger partial charge in [0.05, 0.1) is 0 Å². The third kappa shape index (κ3) is 1.45. The summed E-state index contributed by atoms with van der Waals surface area (Å²) in [6.07, 6.45) is 0.741. The molecule has 1 aliphatic carbocycles. The van der Waals surface area contributed by atoms with Gasteiger partial charge >= 0.3 is 0 Å². The largest absolute Gasteiger partial charge is 0.454 e. The van der Waals surface area contributed by atoms with Crippen LogP contribution in [0, 0.1) is 0 Å². The minimum atomic E-state index is -1.32. The second-order valence-corrected chi connectivity index (χ2v) is 5.99. The second-order valence-electron chi connectivity index (χ2n) is 5.99. The third-order valence-electron chi connectivity index (χ3n) is 4.88. The van der Waals surface area contributed by atoms with Gasteiger partial charge in [-0.15, -0.1) is 0 Å². The Hall–Kier alpha value is -2.66. The minimum absolute atomic E-state index is 0.167. The Morgan fingerprint density at radius 1 is 0.957 bits per heavy atom. The number of benzene rings is 2. The highest BCUT2D eigenvalue weighted by atomic mass is 16.7. The summed E-state index contributed by atoms with van der Waals surface area (Å²) < 4.78 is 10.9. The van der Waals surface area contributed by atoms with Gasteiger partial charge in [0.1, 0.15) is 0 Å². The van der Waals surface area contributed by atoms with Gasteiger partial charge in [-0.2, -0.15) is 0 Å². The van der Waals surface area contributed by atoms with Gasteiger partial charge in [0.2, 0.25) is 6.79 Å². The molecule has 0 aromatic heterocycles. The predicted octanol–water partition coefficient (Wildman–Crippen LogP) is 1.84. The molecule has 1 N–H and O–H groups in total. The van der Waals surface area contributed by atoms with E-state index in [4.69, 9.17) is 9.47 Å². The maximum atomic E-state index is 13.1. The highest BCUT2D eigenvalue weighted by Crippen LogP contribution is 2.45. The molecule has 0 saturated heterocycles. The van der Waals surface area contributed by atoms with Crippen LogP contribution in [0.15, 0.2) is 36.4 Å². The molecule has 0 fully saturated rings. The molecule has 5 heteroatoms. The Morgan fingerprint density at radius 2 is 1.61 bits per heavy atom. The molecule has 2 heterocycles. The van der Waals surface area contributed by atoms with E-state index >= 15 is 0 Å². The Bertz CT molecular complexity index is 852. The minimum Gasteiger partial charge on any atom is -0.454 e. The summed E-state index contributed by atoms with van der Waals surface area (Å²) in [5.74, 6) is 0.899. The van der Waals surface area contributed by atoms with Crippen LogP contribution in [0.1, 0.15) is 31.8 Å². The summed E-state index contributed by atoms with van der Waals surface area (Å²) in [6.45, 7) is 0.735. The first-order valence-electron chi connectivity index (χ1n) is 7.58. The SMILES string of the molecule is O=C1c2ccccc2C(=O)C12NCCc1cc3c(cc12)OCO3. The first-order valence-corrected chi connectivity index (χ1v) is 7.58. The molecule has 0 atom stereocenters. The van der Waals surface area contributed by atoms with Gasteiger partial charge in [-0.3, -0.25) is 14.9 Å². The lowest BCUT2D eigenvalue weighted by atomic mass is 9.78. The van der Waals surface area contributed by atoms with E-state index < -0.39 is 5.54 Å². The lowest BCUT2D eigenvalue weighted by molar-refractivity contribution is 0.0746. The molecule has 114 valence electrons. The number of hydrogen-bond acceptors (Lipinski definition) is 5. The quantitative estimate of drug-likeness (QED) is 0.752. The molecule has 2 aromatic carbocycles. The van der Waals surface area contributed by atoms with E-state index in [1.807, 2.05) is 6.07 Å². The summed E-state index contributed by atoms with van der Waals surface area (Å²) in [5.41, 5.74) is 1.30. The van der Waals surface area contributed by atoms with Gasteiger partial charge in [-0.25, -0.2) is 0 Å². The van der Waals surface area contributed by atoms with Crippen molar-refractivity contribution in [2.45, 2.75) is 12.0 Å². The summed E-state index contributed by atoms with van der Waals surface area (Å²) in [6, 6.07) is 10.7. The third-order valence-corrected chi connectivity index (χ3v) is 4.88. The molecule has 1 spiro atoms. The van der Waals surface area contributed by atoms with E-state index in [-0.39, 0.29) is 18.4 Å². The number of nitrogens with one attached hydrogen (secondary N) is 1. The van der Waals surface area contributed by atoms with Crippen molar-refractivity contribution in [3.05, 3.63) is 58.7 Å². The van der Waals surface area contributed by atoms with Crippen molar-refractivity contribution < 1.29 is 19.1 Å². The lowest BCUT2D eigenvalue weighted by Gasteiger charge is -2.34. The highest BCUT2D eigenvalue weighted by molar-refractivity contribution is 6.33. The Kier molecular flexibility index (Phi) is 2.35. The van der Waals surface area contributed by atoms with Crippen LogP contribution >= 0.6 is 0 Å². The fraction of sp³-hybridized carbons (Fsp3) is 0.222. The molecule has 5 rings (SSSR count). The van der Waals surface area contributed by atoms with Gasteiger partial charge in [0.25, 0.3) is 0 Å². The fourth-order valence-corrected chi connectivity index (χ4v) is 3.81. The molecule has 0 amide bonds. The van der Waals surface area contributed by atoms with Crippen LogP contribution in [-0.2, 0) is 12.0 Å². The molecule has 5 nitrogen and oxygen atoms in total. The van der Waals surface area contributed by atoms with Crippen LogP contribution in [0.5, 0.6) is 11.5 Å². The zero-order chi connectivity index (χ0) is 15.6. The van der Waals surface area contributed by atoms with E-state index in [0.717, 1.165) is 12.0 Å². The summed E-state index contributed by atoms with van der Waals surface area (Å²) in [4.78, 5) is 26.2. The van der Waals surface area contributed by atoms with E-state index in [9.17, 15) is 9.59 Å². The molecule has 0 bridgehead atoms. The average Bonchev–Trinajstić information content (AvgIpc) is 3.12. The molecule has 2 aromatic rings. The van der Waals surface area contributed by atoms with E-state index in [2.05, 4.69) is 5.32 Å². The Labute approximate surface area is 132 Å². The number of Topliss-reactive ketones (excluding diaryl/α,β-unsaturated/α-hetero) is 2. The van der Waals surface area contributed by atoms with Gasteiger partial charge in [0, 0.05) is 17.7 Å². The topological polar surface area (TPSA) is 64.6 Å². The normalized spacial score (nSPS) is 19.8. The van der Waals surface area contributed by atoms with E-state index in [1.54, 1.807) is 30.3 Å². The molecule has 0 unspecified atom stereocenters. The molecular weight excluding hydrogens is 294 g/mol. The number of hydrogen-bond donors (Lipinski definition) is 1. The van der Waals surface area contributed by atoms with Crippen molar-refractivity contribution >= 4 is 11.6 Å². The molecule has 0 saturated carbocycles. The van der Waals surface area contributed by atoms with E-state index in [0.29, 0.717) is 34.7 Å². The van der Waals surface area contributed by atoms with Crippen LogP contribution in [0.4, 0.5) is 0 Å². The summed E-state index contributed by atoms with van der Waals surface area (Å²) >= 11 is 0. The monoisotopic (exact) mass is 307 g/mol. The first kappa shape index (κ1) is 12.8. The van der Waals surface area contributed by atoms with Crippen molar-refractivity contribution in [3.63, 3.8) is 0 Å². The average molecular weight is 307 g/mol. The van der Waals surface area contributed by atoms with Gasteiger partial charge in [0.15, 0.2) is 28.6 Å². The molecule has 0 radical (unpaired) electrons. The number of ether oxygens (including phenoxy) is 2. The van der Waals surface area contributed by atoms with Crippen LogP contribution in [0.2, 0.25) is 0 Å². The van der Waals surface area contributed by atoms with Crippen molar-refractivity contribution in [2.24, 2.45) is 0 Å². The molecule has 2 aliphatic heterocycles. The van der Waals surface area contributed by atoms with Crippen molar-refractivity contribution in [3.8, 4) is 11.5 Å². The Morgan fingerprint density at radius 3 is 2.30 bits per heavy atom. The molecule has 23 heavy (non-hydrogen) atoms. The van der Waals surface area contributed by atoms with Crippen LogP contribution < -0.4 is 14.8 Å². The van der Waals surface area contributed by atoms with Crippen molar-refractivity contribution in [1.82, 2.24) is 5.32 Å². The predicted molar refractivity (Wildman–Crippen MR) is 81.1 cm³/mol. The molecular formula is C18H13NO4. The second kappa shape index (κ2) is 4.20. The van der Waals surface area contributed by atoms with Crippen LogP contribution in [0.3, 0.4) is 0 Å². The van der Waals surface area contributed by atoms with E-state index in [1.165, 1.54) is 0 Å². The smallest absolute Gasteiger partial charge is 0.231 e. The van der Waals surface area contributed by atoms with Crippen molar-refractivity contribution in [2.75, 3.05) is 13.3 Å². The lowest BCUT2D eigenvalue weighted by Crippen LogP contribution is -2.55. The number of fused-ring (bicyclic) bond motifs is 4. The fourth-order valence-electron chi connectivity index (χ4n) is 3.81. The highest BCUT2D eigenvalue weighted by Gasteiger charge is 2.56. The maximum Gasteiger partial charge on any atom is 0.231 e.